The Balaban J connectivity index is 2.20. The molecule has 1 atom stereocenters. The summed E-state index contributed by atoms with van der Waals surface area (Å²) in [6.45, 7) is 4.15. The van der Waals surface area contributed by atoms with Crippen LogP contribution in [-0.4, -0.2) is 25.5 Å². The predicted molar refractivity (Wildman–Crippen MR) is 72.1 cm³/mol. The lowest BCUT2D eigenvalue weighted by Gasteiger charge is -2.22. The molecule has 1 fully saturated rings. The van der Waals surface area contributed by atoms with Gasteiger partial charge < -0.3 is 10.1 Å². The zero-order valence-corrected chi connectivity index (χ0v) is 11.2. The van der Waals surface area contributed by atoms with Gasteiger partial charge >= 0.3 is 0 Å². The van der Waals surface area contributed by atoms with E-state index < -0.39 is 5.82 Å². The van der Waals surface area contributed by atoms with Gasteiger partial charge in [0.05, 0.1) is 12.2 Å². The summed E-state index contributed by atoms with van der Waals surface area (Å²) in [5.74, 6) is 0.0205. The van der Waals surface area contributed by atoms with E-state index in [4.69, 9.17) is 4.74 Å². The van der Waals surface area contributed by atoms with Crippen molar-refractivity contribution in [1.82, 2.24) is 5.32 Å². The van der Waals surface area contributed by atoms with Crippen LogP contribution in [0.15, 0.2) is 18.2 Å². The largest absolute Gasteiger partial charge is 0.493 e. The van der Waals surface area contributed by atoms with Crippen LogP contribution in [0.2, 0.25) is 0 Å². The molecule has 1 saturated heterocycles. The summed E-state index contributed by atoms with van der Waals surface area (Å²) in [5.41, 5.74) is 0.377. The molecule has 1 unspecified atom stereocenters. The van der Waals surface area contributed by atoms with Gasteiger partial charge in [-0.25, -0.2) is 4.39 Å². The lowest BCUT2D eigenvalue weighted by molar-refractivity contribution is 0.0895. The third-order valence-electron chi connectivity index (χ3n) is 3.34. The molecule has 0 bridgehead atoms. The van der Waals surface area contributed by atoms with Crippen molar-refractivity contribution in [1.29, 1.82) is 0 Å². The molecule has 1 aliphatic rings. The fraction of sp³-hybridized carbons (Fsp3) is 0.533. The van der Waals surface area contributed by atoms with E-state index in [9.17, 15) is 9.18 Å². The molecule has 0 amide bonds. The van der Waals surface area contributed by atoms with Crippen molar-refractivity contribution in [2.75, 3.05) is 19.7 Å². The van der Waals surface area contributed by atoms with Gasteiger partial charge in [-0.3, -0.25) is 4.79 Å². The Morgan fingerprint density at radius 1 is 1.53 bits per heavy atom. The van der Waals surface area contributed by atoms with Crippen molar-refractivity contribution in [3.05, 3.63) is 29.6 Å². The van der Waals surface area contributed by atoms with Gasteiger partial charge in [0.1, 0.15) is 11.6 Å². The van der Waals surface area contributed by atoms with E-state index >= 15 is 0 Å². The van der Waals surface area contributed by atoms with E-state index in [-0.39, 0.29) is 11.7 Å². The van der Waals surface area contributed by atoms with Gasteiger partial charge in [-0.1, -0.05) is 6.92 Å². The quantitative estimate of drug-likeness (QED) is 0.832. The highest BCUT2D eigenvalue weighted by atomic mass is 19.1. The summed E-state index contributed by atoms with van der Waals surface area (Å²) in [5, 5.41) is 3.21. The molecule has 1 N–H and O–H groups in total. The first kappa shape index (κ1) is 14.0. The molecular formula is C15H20FNO2. The SMILES string of the molecule is CCCOc1ccc(F)cc1C(=O)C1CCCNC1. The third-order valence-corrected chi connectivity index (χ3v) is 3.34. The summed E-state index contributed by atoms with van der Waals surface area (Å²) in [4.78, 5) is 12.4. The van der Waals surface area contributed by atoms with E-state index in [1.165, 1.54) is 12.1 Å². The molecule has 0 aliphatic carbocycles. The van der Waals surface area contributed by atoms with Gasteiger partial charge in [0, 0.05) is 12.5 Å². The Labute approximate surface area is 113 Å². The van der Waals surface area contributed by atoms with E-state index in [0.29, 0.717) is 24.5 Å². The number of halogens is 1. The minimum Gasteiger partial charge on any atom is -0.493 e. The van der Waals surface area contributed by atoms with Crippen LogP contribution >= 0.6 is 0 Å². The maximum atomic E-state index is 13.4. The second-order valence-electron chi connectivity index (χ2n) is 4.90. The Morgan fingerprint density at radius 3 is 3.05 bits per heavy atom. The zero-order valence-electron chi connectivity index (χ0n) is 11.2. The number of hydrogen-bond donors (Lipinski definition) is 1. The molecule has 1 heterocycles. The van der Waals surface area contributed by atoms with Crippen LogP contribution in [-0.2, 0) is 0 Å². The lowest BCUT2D eigenvalue weighted by Crippen LogP contribution is -2.34. The number of rotatable bonds is 5. The summed E-state index contributed by atoms with van der Waals surface area (Å²) in [6, 6.07) is 4.18. The Kier molecular flexibility index (Phi) is 4.91. The molecular weight excluding hydrogens is 245 g/mol. The van der Waals surface area contributed by atoms with Crippen molar-refractivity contribution >= 4 is 5.78 Å². The Hall–Kier alpha value is -1.42. The molecule has 19 heavy (non-hydrogen) atoms. The average molecular weight is 265 g/mol. The Morgan fingerprint density at radius 2 is 2.37 bits per heavy atom. The Bertz CT molecular complexity index is 442. The van der Waals surface area contributed by atoms with E-state index in [2.05, 4.69) is 5.32 Å². The van der Waals surface area contributed by atoms with Crippen LogP contribution < -0.4 is 10.1 Å². The minimum absolute atomic E-state index is 0.0159. The number of nitrogens with one attached hydrogen (secondary N) is 1. The van der Waals surface area contributed by atoms with Crippen molar-refractivity contribution < 1.29 is 13.9 Å². The molecule has 0 aromatic heterocycles. The minimum atomic E-state index is -0.393. The van der Waals surface area contributed by atoms with Gasteiger partial charge in [-0.15, -0.1) is 0 Å². The molecule has 104 valence electrons. The number of Topliss-reactive ketones (excluding diaryl/α,β-unsaturated/α-hetero) is 1. The van der Waals surface area contributed by atoms with Gasteiger partial charge in [0.2, 0.25) is 0 Å². The van der Waals surface area contributed by atoms with Gasteiger partial charge in [-0.05, 0) is 44.0 Å². The van der Waals surface area contributed by atoms with Crippen molar-refractivity contribution in [2.45, 2.75) is 26.2 Å². The standard InChI is InChI=1S/C15H20FNO2/c1-2-8-19-14-6-5-12(16)9-13(14)15(18)11-4-3-7-17-10-11/h5-6,9,11,17H,2-4,7-8,10H2,1H3. The summed E-state index contributed by atoms with van der Waals surface area (Å²) >= 11 is 0. The van der Waals surface area contributed by atoms with Crippen molar-refractivity contribution in [2.24, 2.45) is 5.92 Å². The first-order valence-electron chi connectivity index (χ1n) is 6.89. The number of ketones is 1. The topological polar surface area (TPSA) is 38.3 Å². The zero-order chi connectivity index (χ0) is 13.7. The van der Waals surface area contributed by atoms with Crippen LogP contribution in [0.3, 0.4) is 0 Å². The number of piperidine rings is 1. The van der Waals surface area contributed by atoms with Crippen LogP contribution in [0.25, 0.3) is 0 Å². The van der Waals surface area contributed by atoms with Gasteiger partial charge in [0.15, 0.2) is 5.78 Å². The molecule has 0 saturated carbocycles. The van der Waals surface area contributed by atoms with Crippen LogP contribution in [0, 0.1) is 11.7 Å². The van der Waals surface area contributed by atoms with Crippen LogP contribution in [0.4, 0.5) is 4.39 Å². The summed E-state index contributed by atoms with van der Waals surface area (Å²) in [6.07, 6.45) is 2.70. The second-order valence-corrected chi connectivity index (χ2v) is 4.90. The third kappa shape index (κ3) is 3.53. The van der Waals surface area contributed by atoms with Crippen LogP contribution in [0.1, 0.15) is 36.5 Å². The second kappa shape index (κ2) is 6.66. The summed E-state index contributed by atoms with van der Waals surface area (Å²) in [7, 11) is 0. The van der Waals surface area contributed by atoms with E-state index in [0.717, 1.165) is 25.8 Å². The molecule has 1 aliphatic heterocycles. The van der Waals surface area contributed by atoms with Crippen molar-refractivity contribution in [3.8, 4) is 5.75 Å². The number of benzene rings is 1. The highest BCUT2D eigenvalue weighted by molar-refractivity contribution is 6.00. The van der Waals surface area contributed by atoms with E-state index in [1.54, 1.807) is 6.07 Å². The van der Waals surface area contributed by atoms with E-state index in [1.807, 2.05) is 6.92 Å². The fourth-order valence-corrected chi connectivity index (χ4v) is 2.33. The monoisotopic (exact) mass is 265 g/mol. The first-order valence-corrected chi connectivity index (χ1v) is 6.89. The highest BCUT2D eigenvalue weighted by Gasteiger charge is 2.25. The average Bonchev–Trinajstić information content (AvgIpc) is 2.46. The predicted octanol–water partition coefficient (Wildman–Crippen LogP) is 2.80. The summed E-state index contributed by atoms with van der Waals surface area (Å²) < 4.78 is 18.9. The lowest BCUT2D eigenvalue weighted by atomic mass is 9.90. The molecule has 1 aromatic carbocycles. The smallest absolute Gasteiger partial charge is 0.171 e. The molecule has 1 aromatic rings. The fourth-order valence-electron chi connectivity index (χ4n) is 2.33. The maximum Gasteiger partial charge on any atom is 0.171 e. The number of hydrogen-bond acceptors (Lipinski definition) is 3. The first-order chi connectivity index (χ1) is 9.22. The molecule has 2 rings (SSSR count). The highest BCUT2D eigenvalue weighted by Crippen LogP contribution is 2.25. The van der Waals surface area contributed by atoms with Gasteiger partial charge in [0.25, 0.3) is 0 Å². The molecule has 0 radical (unpaired) electrons. The van der Waals surface area contributed by atoms with Gasteiger partial charge in [-0.2, -0.15) is 0 Å². The number of ether oxygens (including phenoxy) is 1. The normalized spacial score (nSPS) is 19.2. The molecule has 4 heteroatoms. The number of carbonyl (C=O) groups excluding carboxylic acids is 1. The molecule has 3 nitrogen and oxygen atoms in total. The number of carbonyl (C=O) groups is 1. The molecule has 0 spiro atoms. The van der Waals surface area contributed by atoms with Crippen molar-refractivity contribution in [3.63, 3.8) is 0 Å². The van der Waals surface area contributed by atoms with Crippen LogP contribution in [0.5, 0.6) is 5.75 Å². The maximum absolute atomic E-state index is 13.4.